The van der Waals surface area contributed by atoms with E-state index < -0.39 is 0 Å². The Balaban J connectivity index is 1.29. The van der Waals surface area contributed by atoms with Gasteiger partial charge in [-0.25, -0.2) is 0 Å². The van der Waals surface area contributed by atoms with E-state index in [0.29, 0.717) is 31.8 Å². The van der Waals surface area contributed by atoms with E-state index in [1.165, 1.54) is 4.90 Å². The molecule has 5 unspecified atom stereocenters. The minimum atomic E-state index is -0.261. The summed E-state index contributed by atoms with van der Waals surface area (Å²) in [6.07, 6.45) is 6.23. The van der Waals surface area contributed by atoms with E-state index in [1.54, 1.807) is 4.90 Å². The Morgan fingerprint density at radius 3 is 2.10 bits per heavy atom. The molecule has 7 nitrogen and oxygen atoms in total. The number of rotatable bonds is 5. The zero-order chi connectivity index (χ0) is 20.9. The molecule has 158 valence electrons. The van der Waals surface area contributed by atoms with Gasteiger partial charge in [0.05, 0.1) is 11.8 Å². The number of imide groups is 1. The van der Waals surface area contributed by atoms with Crippen molar-refractivity contribution in [1.82, 2.24) is 15.1 Å². The van der Waals surface area contributed by atoms with Crippen LogP contribution in [0.5, 0.6) is 0 Å². The number of fused-ring (bicyclic) bond motifs is 5. The lowest BCUT2D eigenvalue weighted by Crippen LogP contribution is -2.49. The number of nitrogens with zero attached hydrogens (tertiary/aromatic N) is 2. The summed E-state index contributed by atoms with van der Waals surface area (Å²) in [5.74, 6) is -0.416. The zero-order valence-electron chi connectivity index (χ0n) is 17.5. The van der Waals surface area contributed by atoms with Crippen LogP contribution >= 0.6 is 0 Å². The number of likely N-dealkylation sites (tertiary alicyclic amines) is 2. The molecule has 5 atom stereocenters. The molecule has 4 rings (SSSR count). The van der Waals surface area contributed by atoms with E-state index in [0.717, 1.165) is 6.42 Å². The van der Waals surface area contributed by atoms with Gasteiger partial charge < -0.3 is 10.2 Å². The Morgan fingerprint density at radius 2 is 1.59 bits per heavy atom. The number of hydrogen-bond donors (Lipinski definition) is 1. The smallest absolute Gasteiger partial charge is 0.242 e. The molecule has 29 heavy (non-hydrogen) atoms. The fraction of sp³-hybridized carbons (Fsp3) is 0.727. The number of allylic oxidation sites excluding steroid dienone is 2. The van der Waals surface area contributed by atoms with Crippen LogP contribution in [-0.4, -0.2) is 59.1 Å². The third-order valence-electron chi connectivity index (χ3n) is 7.44. The minimum Gasteiger partial charge on any atom is -0.353 e. The second kappa shape index (κ2) is 7.58. The Kier molecular flexibility index (Phi) is 5.25. The van der Waals surface area contributed by atoms with Crippen LogP contribution in [-0.2, 0) is 19.2 Å². The van der Waals surface area contributed by atoms with Crippen LogP contribution in [0.3, 0.4) is 0 Å². The molecular weight excluding hydrogens is 370 g/mol. The van der Waals surface area contributed by atoms with E-state index in [1.807, 2.05) is 6.92 Å². The molecule has 4 aliphatic rings. The standard InChI is InChI=1S/C22H31N3O4/c1-12(2)13(3)23-20(27)14-6-8-24(9-7-14)17(26)11-25-21(28)18-15-4-5-16(10-15)19(18)22(25)29/h4-5,12-16,18-19H,6-11H2,1-3H3,(H,23,27). The zero-order valence-corrected chi connectivity index (χ0v) is 17.5. The highest BCUT2D eigenvalue weighted by atomic mass is 16.2. The molecule has 0 aromatic rings. The van der Waals surface area contributed by atoms with Crippen molar-refractivity contribution in [2.24, 2.45) is 35.5 Å². The molecule has 2 heterocycles. The monoisotopic (exact) mass is 401 g/mol. The average molecular weight is 402 g/mol. The van der Waals surface area contributed by atoms with Gasteiger partial charge in [0.1, 0.15) is 6.54 Å². The second-order valence-electron chi connectivity index (χ2n) is 9.46. The molecule has 0 radical (unpaired) electrons. The van der Waals surface area contributed by atoms with Crippen LogP contribution in [0.2, 0.25) is 0 Å². The van der Waals surface area contributed by atoms with Crippen molar-refractivity contribution in [3.8, 4) is 0 Å². The molecule has 4 amide bonds. The van der Waals surface area contributed by atoms with Crippen molar-refractivity contribution in [1.29, 1.82) is 0 Å². The third kappa shape index (κ3) is 3.49. The molecule has 3 fully saturated rings. The van der Waals surface area contributed by atoms with Crippen LogP contribution in [0, 0.1) is 35.5 Å². The van der Waals surface area contributed by atoms with Crippen LogP contribution in [0.25, 0.3) is 0 Å². The first-order chi connectivity index (χ1) is 13.8. The summed E-state index contributed by atoms with van der Waals surface area (Å²) in [5.41, 5.74) is 0. The predicted octanol–water partition coefficient (Wildman–Crippen LogP) is 1.19. The van der Waals surface area contributed by atoms with Crippen molar-refractivity contribution in [3.63, 3.8) is 0 Å². The molecule has 0 aromatic carbocycles. The number of carbonyl (C=O) groups excluding carboxylic acids is 4. The lowest BCUT2D eigenvalue weighted by atomic mass is 9.85. The van der Waals surface area contributed by atoms with Crippen molar-refractivity contribution in [2.45, 2.75) is 46.1 Å². The number of hydrogen-bond acceptors (Lipinski definition) is 4. The fourth-order valence-electron chi connectivity index (χ4n) is 5.26. The van der Waals surface area contributed by atoms with Crippen LogP contribution < -0.4 is 5.32 Å². The largest absolute Gasteiger partial charge is 0.353 e. The predicted molar refractivity (Wildman–Crippen MR) is 106 cm³/mol. The van der Waals surface area contributed by atoms with Crippen molar-refractivity contribution < 1.29 is 19.2 Å². The summed E-state index contributed by atoms with van der Waals surface area (Å²) in [7, 11) is 0. The van der Waals surface area contributed by atoms with Gasteiger partial charge in [0.15, 0.2) is 0 Å². The van der Waals surface area contributed by atoms with Gasteiger partial charge in [-0.15, -0.1) is 0 Å². The number of carbonyl (C=O) groups is 4. The van der Waals surface area contributed by atoms with E-state index in [9.17, 15) is 19.2 Å². The highest BCUT2D eigenvalue weighted by Crippen LogP contribution is 2.52. The molecule has 2 aliphatic heterocycles. The van der Waals surface area contributed by atoms with Gasteiger partial charge in [0.25, 0.3) is 0 Å². The van der Waals surface area contributed by atoms with E-state index in [4.69, 9.17) is 0 Å². The summed E-state index contributed by atoms with van der Waals surface area (Å²) < 4.78 is 0. The van der Waals surface area contributed by atoms with E-state index >= 15 is 0 Å². The average Bonchev–Trinajstić information content (AvgIpc) is 3.38. The lowest BCUT2D eigenvalue weighted by molar-refractivity contribution is -0.147. The SMILES string of the molecule is CC(C)C(C)NC(=O)C1CCN(C(=O)CN2C(=O)C3C4C=CC(C4)C3C2=O)CC1. The van der Waals surface area contributed by atoms with Crippen LogP contribution in [0.15, 0.2) is 12.2 Å². The minimum absolute atomic E-state index is 0.0546. The molecule has 2 aliphatic carbocycles. The first-order valence-corrected chi connectivity index (χ1v) is 10.9. The topological polar surface area (TPSA) is 86.8 Å². The van der Waals surface area contributed by atoms with E-state index in [-0.39, 0.29) is 65.8 Å². The van der Waals surface area contributed by atoms with E-state index in [2.05, 4.69) is 31.3 Å². The molecule has 0 spiro atoms. The first-order valence-electron chi connectivity index (χ1n) is 10.9. The lowest BCUT2D eigenvalue weighted by Gasteiger charge is -2.33. The Labute approximate surface area is 171 Å². The summed E-state index contributed by atoms with van der Waals surface area (Å²) in [5, 5.41) is 3.05. The van der Waals surface area contributed by atoms with Gasteiger partial charge in [0.2, 0.25) is 23.6 Å². The molecule has 7 heteroatoms. The van der Waals surface area contributed by atoms with Gasteiger partial charge in [-0.2, -0.15) is 0 Å². The summed E-state index contributed by atoms with van der Waals surface area (Å²) in [4.78, 5) is 53.5. The molecule has 2 saturated heterocycles. The molecular formula is C22H31N3O4. The molecule has 1 N–H and O–H groups in total. The Morgan fingerprint density at radius 1 is 1.03 bits per heavy atom. The van der Waals surface area contributed by atoms with Crippen LogP contribution in [0.1, 0.15) is 40.0 Å². The van der Waals surface area contributed by atoms with Crippen molar-refractivity contribution in [3.05, 3.63) is 12.2 Å². The molecule has 2 bridgehead atoms. The van der Waals surface area contributed by atoms with Crippen molar-refractivity contribution in [2.75, 3.05) is 19.6 Å². The highest BCUT2D eigenvalue weighted by Gasteiger charge is 2.59. The van der Waals surface area contributed by atoms with Gasteiger partial charge in [-0.3, -0.25) is 24.1 Å². The maximum absolute atomic E-state index is 12.8. The number of piperidine rings is 1. The van der Waals surface area contributed by atoms with Gasteiger partial charge in [0, 0.05) is 25.0 Å². The van der Waals surface area contributed by atoms with Gasteiger partial charge >= 0.3 is 0 Å². The van der Waals surface area contributed by atoms with Crippen LogP contribution in [0.4, 0.5) is 0 Å². The normalized spacial score (nSPS) is 32.3. The number of nitrogens with one attached hydrogen (secondary N) is 1. The Bertz CT molecular complexity index is 723. The molecule has 1 saturated carbocycles. The maximum Gasteiger partial charge on any atom is 0.242 e. The summed E-state index contributed by atoms with van der Waals surface area (Å²) in [6.45, 7) is 6.96. The van der Waals surface area contributed by atoms with Gasteiger partial charge in [-0.1, -0.05) is 26.0 Å². The molecule has 0 aromatic heterocycles. The quantitative estimate of drug-likeness (QED) is 0.554. The third-order valence-corrected chi connectivity index (χ3v) is 7.44. The second-order valence-corrected chi connectivity index (χ2v) is 9.46. The number of amides is 4. The Hall–Kier alpha value is -2.18. The summed E-state index contributed by atoms with van der Waals surface area (Å²) >= 11 is 0. The summed E-state index contributed by atoms with van der Waals surface area (Å²) in [6, 6.07) is 0.124. The maximum atomic E-state index is 12.8. The first kappa shape index (κ1) is 20.1. The fourth-order valence-corrected chi connectivity index (χ4v) is 5.26. The van der Waals surface area contributed by atoms with Gasteiger partial charge in [-0.05, 0) is 43.9 Å². The van der Waals surface area contributed by atoms with Crippen molar-refractivity contribution >= 4 is 23.6 Å². The highest BCUT2D eigenvalue weighted by molar-refractivity contribution is 6.08.